The van der Waals surface area contributed by atoms with E-state index in [0.29, 0.717) is 12.1 Å². The van der Waals surface area contributed by atoms with Crippen molar-refractivity contribution in [1.82, 2.24) is 15.1 Å². The topological polar surface area (TPSA) is 29.9 Å². The average molecular weight is 279 g/mol. The number of nitrogens with one attached hydrogen (secondary N) is 1. The van der Waals surface area contributed by atoms with Gasteiger partial charge in [0.1, 0.15) is 0 Å². The third kappa shape index (κ3) is 3.04. The third-order valence-corrected chi connectivity index (χ3v) is 3.37. The molecule has 3 nitrogen and oxygen atoms in total. The molecule has 0 aliphatic heterocycles. The van der Waals surface area contributed by atoms with Gasteiger partial charge < -0.3 is 5.32 Å². The van der Waals surface area contributed by atoms with E-state index < -0.39 is 11.6 Å². The molecule has 2 aromatic rings. The normalized spacial score (nSPS) is 12.7. The smallest absolute Gasteiger partial charge is 0.163 e. The molecule has 0 aliphatic carbocycles. The van der Waals surface area contributed by atoms with Gasteiger partial charge in [-0.05, 0) is 19.4 Å². The summed E-state index contributed by atoms with van der Waals surface area (Å²) in [6, 6.07) is 3.98. The Kier molecular flexibility index (Phi) is 4.49. The maximum absolute atomic E-state index is 13.7. The van der Waals surface area contributed by atoms with Crippen LogP contribution in [0, 0.1) is 11.6 Å². The predicted molar refractivity (Wildman–Crippen MR) is 74.2 cm³/mol. The second kappa shape index (κ2) is 6.13. The second-order valence-electron chi connectivity index (χ2n) is 4.87. The lowest BCUT2D eigenvalue weighted by atomic mass is 10.1. The molecule has 5 heteroatoms. The maximum atomic E-state index is 13.7. The molecule has 108 valence electrons. The van der Waals surface area contributed by atoms with Crippen LogP contribution in [0.4, 0.5) is 8.78 Å². The molecule has 0 spiro atoms. The summed E-state index contributed by atoms with van der Waals surface area (Å²) >= 11 is 0. The summed E-state index contributed by atoms with van der Waals surface area (Å²) in [7, 11) is 1.87. The van der Waals surface area contributed by atoms with Crippen molar-refractivity contribution in [3.05, 3.63) is 52.9 Å². The number of hydrogen-bond acceptors (Lipinski definition) is 2. The minimum Gasteiger partial charge on any atom is -0.306 e. The van der Waals surface area contributed by atoms with Crippen molar-refractivity contribution in [3.63, 3.8) is 0 Å². The van der Waals surface area contributed by atoms with Crippen molar-refractivity contribution in [1.29, 1.82) is 0 Å². The molecule has 1 aromatic heterocycles. The van der Waals surface area contributed by atoms with Gasteiger partial charge in [0, 0.05) is 37.0 Å². The quantitative estimate of drug-likeness (QED) is 0.911. The number of aromatic nitrogens is 2. The number of aryl methyl sites for hydroxylation is 2. The molecular weight excluding hydrogens is 260 g/mol. The summed E-state index contributed by atoms with van der Waals surface area (Å²) < 4.78 is 28.7. The fourth-order valence-corrected chi connectivity index (χ4v) is 2.26. The molecule has 0 amide bonds. The number of nitrogens with zero attached hydrogens (tertiary/aromatic N) is 2. The average Bonchev–Trinajstić information content (AvgIpc) is 2.79. The Labute approximate surface area is 117 Å². The zero-order valence-corrected chi connectivity index (χ0v) is 12.0. The van der Waals surface area contributed by atoms with E-state index in [0.717, 1.165) is 23.7 Å². The fraction of sp³-hybridized carbons (Fsp3) is 0.400. The van der Waals surface area contributed by atoms with Crippen LogP contribution < -0.4 is 5.32 Å². The Morgan fingerprint density at radius 3 is 2.80 bits per heavy atom. The van der Waals surface area contributed by atoms with Crippen molar-refractivity contribution in [2.24, 2.45) is 7.05 Å². The molecule has 1 unspecified atom stereocenters. The number of hydrogen-bond donors (Lipinski definition) is 1. The lowest BCUT2D eigenvalue weighted by Crippen LogP contribution is -2.20. The van der Waals surface area contributed by atoms with Crippen LogP contribution in [0.3, 0.4) is 0 Å². The van der Waals surface area contributed by atoms with Crippen LogP contribution in [0.5, 0.6) is 0 Å². The minimum atomic E-state index is -0.813. The second-order valence-corrected chi connectivity index (χ2v) is 4.87. The molecule has 2 rings (SSSR count). The molecular formula is C15H19F2N3. The first-order valence-corrected chi connectivity index (χ1v) is 6.71. The summed E-state index contributed by atoms with van der Waals surface area (Å²) in [6.45, 7) is 4.44. The van der Waals surface area contributed by atoms with E-state index in [2.05, 4.69) is 10.4 Å². The standard InChI is InChI=1S/C15H19F2N3/c1-4-14-11(9-20(3)19-14)8-18-10(2)12-6-5-7-13(16)15(12)17/h5-7,9-10,18H,4,8H2,1-3H3. The van der Waals surface area contributed by atoms with Gasteiger partial charge in [0.05, 0.1) is 5.69 Å². The van der Waals surface area contributed by atoms with E-state index in [4.69, 9.17) is 0 Å². The molecule has 20 heavy (non-hydrogen) atoms. The van der Waals surface area contributed by atoms with Gasteiger partial charge in [-0.2, -0.15) is 5.10 Å². The van der Waals surface area contributed by atoms with E-state index in [1.165, 1.54) is 6.07 Å². The summed E-state index contributed by atoms with van der Waals surface area (Å²) in [4.78, 5) is 0. The number of halogens is 2. The van der Waals surface area contributed by atoms with E-state index in [1.807, 2.05) is 27.1 Å². The van der Waals surface area contributed by atoms with Gasteiger partial charge in [-0.15, -0.1) is 0 Å². The lowest BCUT2D eigenvalue weighted by molar-refractivity contribution is 0.472. The van der Waals surface area contributed by atoms with Gasteiger partial charge in [-0.1, -0.05) is 19.1 Å². The summed E-state index contributed by atoms with van der Waals surface area (Å²) in [5.74, 6) is -1.60. The highest BCUT2D eigenvalue weighted by Crippen LogP contribution is 2.19. The minimum absolute atomic E-state index is 0.268. The van der Waals surface area contributed by atoms with Crippen molar-refractivity contribution >= 4 is 0 Å². The molecule has 1 N–H and O–H groups in total. The van der Waals surface area contributed by atoms with Crippen LogP contribution in [0.25, 0.3) is 0 Å². The number of rotatable bonds is 5. The highest BCUT2D eigenvalue weighted by atomic mass is 19.2. The van der Waals surface area contributed by atoms with Crippen LogP contribution in [-0.4, -0.2) is 9.78 Å². The maximum Gasteiger partial charge on any atom is 0.163 e. The van der Waals surface area contributed by atoms with E-state index >= 15 is 0 Å². The van der Waals surface area contributed by atoms with Crippen molar-refractivity contribution in [2.75, 3.05) is 0 Å². The first-order chi connectivity index (χ1) is 9.52. The zero-order chi connectivity index (χ0) is 14.7. The van der Waals surface area contributed by atoms with Crippen LogP contribution in [-0.2, 0) is 20.0 Å². The van der Waals surface area contributed by atoms with Gasteiger partial charge in [-0.25, -0.2) is 8.78 Å². The molecule has 1 atom stereocenters. The van der Waals surface area contributed by atoms with Gasteiger partial charge in [0.25, 0.3) is 0 Å². The van der Waals surface area contributed by atoms with Gasteiger partial charge >= 0.3 is 0 Å². The SMILES string of the molecule is CCc1nn(C)cc1CNC(C)c1cccc(F)c1F. The zero-order valence-electron chi connectivity index (χ0n) is 12.0. The Morgan fingerprint density at radius 1 is 1.35 bits per heavy atom. The molecule has 0 aliphatic rings. The van der Waals surface area contributed by atoms with E-state index in [9.17, 15) is 8.78 Å². The Hall–Kier alpha value is -1.75. The lowest BCUT2D eigenvalue weighted by Gasteiger charge is -2.15. The van der Waals surface area contributed by atoms with Crippen LogP contribution in [0.2, 0.25) is 0 Å². The number of benzene rings is 1. The third-order valence-electron chi connectivity index (χ3n) is 3.37. The van der Waals surface area contributed by atoms with Gasteiger partial charge in [0.15, 0.2) is 11.6 Å². The van der Waals surface area contributed by atoms with Crippen molar-refractivity contribution < 1.29 is 8.78 Å². The highest BCUT2D eigenvalue weighted by Gasteiger charge is 2.14. The molecule has 0 radical (unpaired) electrons. The molecule has 0 saturated heterocycles. The van der Waals surface area contributed by atoms with Crippen molar-refractivity contribution in [2.45, 2.75) is 32.9 Å². The molecule has 1 heterocycles. The van der Waals surface area contributed by atoms with E-state index in [1.54, 1.807) is 10.7 Å². The molecule has 0 bridgehead atoms. The first kappa shape index (κ1) is 14.7. The molecule has 1 aromatic carbocycles. The van der Waals surface area contributed by atoms with Crippen LogP contribution in [0.15, 0.2) is 24.4 Å². The predicted octanol–water partition coefficient (Wildman–Crippen LogP) is 3.11. The van der Waals surface area contributed by atoms with Crippen LogP contribution >= 0.6 is 0 Å². The van der Waals surface area contributed by atoms with Gasteiger partial charge in [0.2, 0.25) is 0 Å². The van der Waals surface area contributed by atoms with E-state index in [-0.39, 0.29) is 6.04 Å². The fourth-order valence-electron chi connectivity index (χ4n) is 2.26. The Balaban J connectivity index is 2.08. The summed E-state index contributed by atoms with van der Waals surface area (Å²) in [5, 5.41) is 7.57. The van der Waals surface area contributed by atoms with Gasteiger partial charge in [-0.3, -0.25) is 4.68 Å². The Morgan fingerprint density at radius 2 is 2.10 bits per heavy atom. The summed E-state index contributed by atoms with van der Waals surface area (Å²) in [5.41, 5.74) is 2.44. The molecule has 0 saturated carbocycles. The largest absolute Gasteiger partial charge is 0.306 e. The van der Waals surface area contributed by atoms with Crippen molar-refractivity contribution in [3.8, 4) is 0 Å². The first-order valence-electron chi connectivity index (χ1n) is 6.71. The Bertz CT molecular complexity index is 593. The van der Waals surface area contributed by atoms with Crippen LogP contribution in [0.1, 0.15) is 36.7 Å². The monoisotopic (exact) mass is 279 g/mol. The molecule has 0 fully saturated rings. The summed E-state index contributed by atoms with van der Waals surface area (Å²) in [6.07, 6.45) is 2.79. The highest BCUT2D eigenvalue weighted by molar-refractivity contribution is 5.23.